The van der Waals surface area contributed by atoms with Crippen LogP contribution in [0, 0.1) is 5.92 Å². The molecule has 4 heteroatoms. The molecule has 1 aromatic carbocycles. The highest BCUT2D eigenvalue weighted by Gasteiger charge is 2.45. The summed E-state index contributed by atoms with van der Waals surface area (Å²) in [4.78, 5) is 28.5. The maximum absolute atomic E-state index is 12.5. The highest BCUT2D eigenvalue weighted by molar-refractivity contribution is 6.03. The molecule has 1 unspecified atom stereocenters. The van der Waals surface area contributed by atoms with Crippen LogP contribution in [0.4, 0.5) is 0 Å². The second-order valence-corrected chi connectivity index (χ2v) is 5.97. The van der Waals surface area contributed by atoms with Crippen molar-refractivity contribution in [3.05, 3.63) is 41.6 Å². The molecule has 1 amide bonds. The molecule has 0 aliphatic carbocycles. The molecular formula is C17H20N2O2. The third-order valence-electron chi connectivity index (χ3n) is 4.36. The van der Waals surface area contributed by atoms with Gasteiger partial charge in [-0.15, -0.1) is 0 Å². The summed E-state index contributed by atoms with van der Waals surface area (Å²) in [6, 6.07) is 9.63. The van der Waals surface area contributed by atoms with E-state index >= 15 is 0 Å². The molecule has 1 aromatic rings. The molecule has 0 spiro atoms. The second-order valence-electron chi connectivity index (χ2n) is 5.97. The van der Waals surface area contributed by atoms with Crippen molar-refractivity contribution < 1.29 is 9.59 Å². The molecule has 2 atom stereocenters. The number of benzene rings is 1. The third-order valence-corrected chi connectivity index (χ3v) is 4.36. The van der Waals surface area contributed by atoms with Crippen molar-refractivity contribution in [3.63, 3.8) is 0 Å². The number of amides is 1. The standard InChI is InChI=1S/C17H20N2O2/c1-18(2)17(21)15-11-13-8-9-19(15)14(16(13)20)10-12-6-4-3-5-7-12/h3-7,10,13,15H,8-9,11H2,1-2H3/t13-,15?/m0/s1. The first-order chi connectivity index (χ1) is 10.1. The minimum absolute atomic E-state index is 0.00105. The quantitative estimate of drug-likeness (QED) is 0.777. The van der Waals surface area contributed by atoms with Crippen molar-refractivity contribution in [2.24, 2.45) is 5.92 Å². The van der Waals surface area contributed by atoms with Gasteiger partial charge in [-0.2, -0.15) is 0 Å². The second kappa shape index (κ2) is 5.35. The van der Waals surface area contributed by atoms with Gasteiger partial charge < -0.3 is 9.80 Å². The Hall–Kier alpha value is -2.10. The van der Waals surface area contributed by atoms with E-state index in [-0.39, 0.29) is 23.7 Å². The molecule has 3 fully saturated rings. The first-order valence-corrected chi connectivity index (χ1v) is 7.36. The summed E-state index contributed by atoms with van der Waals surface area (Å²) in [6.07, 6.45) is 3.44. The van der Waals surface area contributed by atoms with Crippen LogP contribution in [-0.4, -0.2) is 48.2 Å². The zero-order valence-corrected chi connectivity index (χ0v) is 12.5. The fourth-order valence-corrected chi connectivity index (χ4v) is 3.24. The Kier molecular flexibility index (Phi) is 3.53. The lowest BCUT2D eigenvalue weighted by molar-refractivity contribution is -0.141. The molecule has 0 aromatic heterocycles. The number of hydrogen-bond acceptors (Lipinski definition) is 3. The lowest BCUT2D eigenvalue weighted by atomic mass is 9.79. The zero-order valence-electron chi connectivity index (χ0n) is 12.5. The van der Waals surface area contributed by atoms with Gasteiger partial charge in [0, 0.05) is 26.6 Å². The maximum atomic E-state index is 12.5. The first-order valence-electron chi connectivity index (χ1n) is 7.36. The number of ketones is 1. The van der Waals surface area contributed by atoms with Crippen molar-refractivity contribution in [1.82, 2.24) is 9.80 Å². The van der Waals surface area contributed by atoms with Crippen LogP contribution in [0.2, 0.25) is 0 Å². The van der Waals surface area contributed by atoms with E-state index in [1.165, 1.54) is 0 Å². The Balaban J connectivity index is 1.95. The molecule has 4 rings (SSSR count). The van der Waals surface area contributed by atoms with E-state index in [0.717, 1.165) is 18.5 Å². The molecule has 3 aliphatic heterocycles. The normalized spacial score (nSPS) is 26.3. The van der Waals surface area contributed by atoms with Gasteiger partial charge in [-0.25, -0.2) is 0 Å². The molecule has 0 saturated carbocycles. The number of likely N-dealkylation sites (N-methyl/N-ethyl adjacent to an activating group) is 1. The largest absolute Gasteiger partial charge is 0.357 e. The number of nitrogens with zero attached hydrogens (tertiary/aromatic N) is 2. The van der Waals surface area contributed by atoms with E-state index in [9.17, 15) is 9.59 Å². The average molecular weight is 284 g/mol. The minimum Gasteiger partial charge on any atom is -0.357 e. The van der Waals surface area contributed by atoms with Crippen molar-refractivity contribution in [2.45, 2.75) is 18.9 Å². The minimum atomic E-state index is -0.189. The molecule has 21 heavy (non-hydrogen) atoms. The molecule has 110 valence electrons. The number of piperidine rings is 3. The van der Waals surface area contributed by atoms with Crippen LogP contribution >= 0.6 is 0 Å². The Morgan fingerprint density at radius 3 is 2.67 bits per heavy atom. The summed E-state index contributed by atoms with van der Waals surface area (Å²) in [5.74, 6) is 0.276. The molecule has 3 heterocycles. The van der Waals surface area contributed by atoms with E-state index < -0.39 is 0 Å². The molecular weight excluding hydrogens is 264 g/mol. The number of rotatable bonds is 2. The van der Waals surface area contributed by atoms with Gasteiger partial charge in [-0.05, 0) is 24.5 Å². The van der Waals surface area contributed by atoms with Crippen LogP contribution in [0.25, 0.3) is 6.08 Å². The number of carbonyl (C=O) groups excluding carboxylic acids is 2. The van der Waals surface area contributed by atoms with Crippen LogP contribution in [0.1, 0.15) is 18.4 Å². The van der Waals surface area contributed by atoms with E-state index in [1.807, 2.05) is 41.3 Å². The van der Waals surface area contributed by atoms with Crippen molar-refractivity contribution in [2.75, 3.05) is 20.6 Å². The molecule has 0 N–H and O–H groups in total. The topological polar surface area (TPSA) is 40.6 Å². The Bertz CT molecular complexity index is 592. The summed E-state index contributed by atoms with van der Waals surface area (Å²) < 4.78 is 0. The molecule has 0 radical (unpaired) electrons. The first kappa shape index (κ1) is 13.9. The molecule has 3 saturated heterocycles. The van der Waals surface area contributed by atoms with Gasteiger partial charge >= 0.3 is 0 Å². The highest BCUT2D eigenvalue weighted by Crippen LogP contribution is 2.37. The van der Waals surface area contributed by atoms with Crippen molar-refractivity contribution in [3.8, 4) is 0 Å². The number of allylic oxidation sites excluding steroid dienone is 1. The molecule has 3 aliphatic rings. The van der Waals surface area contributed by atoms with Gasteiger partial charge in [0.2, 0.25) is 5.91 Å². The van der Waals surface area contributed by atoms with Crippen LogP contribution in [0.15, 0.2) is 36.0 Å². The van der Waals surface area contributed by atoms with E-state index in [1.54, 1.807) is 19.0 Å². The maximum Gasteiger partial charge on any atom is 0.244 e. The number of carbonyl (C=O) groups is 2. The number of Topliss-reactive ketones (excluding diaryl/α,β-unsaturated/α-hetero) is 1. The number of hydrogen-bond donors (Lipinski definition) is 0. The lowest BCUT2D eigenvalue weighted by Gasteiger charge is -2.46. The highest BCUT2D eigenvalue weighted by atomic mass is 16.2. The Morgan fingerprint density at radius 2 is 2.00 bits per heavy atom. The predicted octanol–water partition coefficient (Wildman–Crippen LogP) is 1.78. The van der Waals surface area contributed by atoms with Crippen LogP contribution in [0.5, 0.6) is 0 Å². The van der Waals surface area contributed by atoms with E-state index in [4.69, 9.17) is 0 Å². The summed E-state index contributed by atoms with van der Waals surface area (Å²) in [5.41, 5.74) is 1.70. The smallest absolute Gasteiger partial charge is 0.244 e. The average Bonchev–Trinajstić information content (AvgIpc) is 2.51. The van der Waals surface area contributed by atoms with Crippen LogP contribution in [-0.2, 0) is 9.59 Å². The summed E-state index contributed by atoms with van der Waals surface area (Å²) in [7, 11) is 3.54. The van der Waals surface area contributed by atoms with Gasteiger partial charge in [0.1, 0.15) is 6.04 Å². The van der Waals surface area contributed by atoms with Gasteiger partial charge in [0.05, 0.1) is 5.70 Å². The van der Waals surface area contributed by atoms with Gasteiger partial charge in [-0.1, -0.05) is 30.3 Å². The van der Waals surface area contributed by atoms with E-state index in [0.29, 0.717) is 12.1 Å². The lowest BCUT2D eigenvalue weighted by Crippen LogP contribution is -2.57. The van der Waals surface area contributed by atoms with Crippen LogP contribution < -0.4 is 0 Å². The third kappa shape index (κ3) is 2.46. The van der Waals surface area contributed by atoms with Crippen LogP contribution in [0.3, 0.4) is 0 Å². The SMILES string of the molecule is CN(C)C(=O)C1C[C@@H]2CCN1C(=Cc1ccccc1)C2=O. The van der Waals surface area contributed by atoms with E-state index in [2.05, 4.69) is 0 Å². The Labute approximate surface area is 125 Å². The van der Waals surface area contributed by atoms with Crippen molar-refractivity contribution in [1.29, 1.82) is 0 Å². The van der Waals surface area contributed by atoms with Gasteiger partial charge in [-0.3, -0.25) is 9.59 Å². The summed E-state index contributed by atoms with van der Waals surface area (Å²) in [5, 5.41) is 0. The zero-order chi connectivity index (χ0) is 15.0. The predicted molar refractivity (Wildman–Crippen MR) is 81.3 cm³/mol. The fraction of sp³-hybridized carbons (Fsp3) is 0.412. The van der Waals surface area contributed by atoms with Gasteiger partial charge in [0.25, 0.3) is 0 Å². The molecule has 4 nitrogen and oxygen atoms in total. The fourth-order valence-electron chi connectivity index (χ4n) is 3.24. The number of fused-ring (bicyclic) bond motifs is 3. The monoisotopic (exact) mass is 284 g/mol. The van der Waals surface area contributed by atoms with Crippen molar-refractivity contribution >= 4 is 17.8 Å². The summed E-state index contributed by atoms with van der Waals surface area (Å²) in [6.45, 7) is 0.791. The summed E-state index contributed by atoms with van der Waals surface area (Å²) >= 11 is 0. The Morgan fingerprint density at radius 1 is 1.29 bits per heavy atom. The van der Waals surface area contributed by atoms with Gasteiger partial charge in [0.15, 0.2) is 5.78 Å². The molecule has 2 bridgehead atoms.